The summed E-state index contributed by atoms with van der Waals surface area (Å²) in [6.45, 7) is 2.05. The molecule has 13 heavy (non-hydrogen) atoms. The Labute approximate surface area is 87.6 Å². The van der Waals surface area contributed by atoms with Crippen molar-refractivity contribution in [2.24, 2.45) is 0 Å². The van der Waals surface area contributed by atoms with Gasteiger partial charge < -0.3 is 4.74 Å². The first-order chi connectivity index (χ1) is 6.25. The molecule has 1 aromatic carbocycles. The predicted octanol–water partition coefficient (Wildman–Crippen LogP) is 3.40. The number of hydrogen-bond acceptors (Lipinski definition) is 1. The van der Waals surface area contributed by atoms with Gasteiger partial charge in [0.15, 0.2) is 5.75 Å². The summed E-state index contributed by atoms with van der Waals surface area (Å²) in [7, 11) is 0. The van der Waals surface area contributed by atoms with E-state index in [1.165, 1.54) is 0 Å². The van der Waals surface area contributed by atoms with Crippen LogP contribution < -0.4 is 4.74 Å². The van der Waals surface area contributed by atoms with Crippen molar-refractivity contribution in [1.29, 1.82) is 0 Å². The van der Waals surface area contributed by atoms with Gasteiger partial charge in [0, 0.05) is 0 Å². The third-order valence-corrected chi connectivity index (χ3v) is 1.98. The van der Waals surface area contributed by atoms with Gasteiger partial charge in [-0.05, 0) is 19.1 Å². The highest BCUT2D eigenvalue weighted by molar-refractivity contribution is 6.37. The standard InChI is InChI=1S/C10H8Cl2O/c1-2-3-7-13-10-8(11)5-4-6-9(10)12/h4-6H,7H2,1H3. The maximum absolute atomic E-state index is 5.85. The summed E-state index contributed by atoms with van der Waals surface area (Å²) in [5.74, 6) is 5.97. The van der Waals surface area contributed by atoms with Crippen molar-refractivity contribution in [1.82, 2.24) is 0 Å². The molecule has 0 heterocycles. The van der Waals surface area contributed by atoms with Crippen molar-refractivity contribution < 1.29 is 4.74 Å². The van der Waals surface area contributed by atoms with Gasteiger partial charge in [-0.15, -0.1) is 5.92 Å². The molecule has 0 bridgehead atoms. The van der Waals surface area contributed by atoms with Gasteiger partial charge in [0.05, 0.1) is 10.0 Å². The Balaban J connectivity index is 2.79. The van der Waals surface area contributed by atoms with E-state index in [0.717, 1.165) is 0 Å². The minimum atomic E-state index is 0.306. The normalized spacial score (nSPS) is 8.85. The van der Waals surface area contributed by atoms with Crippen LogP contribution in [0.4, 0.5) is 0 Å². The number of rotatable bonds is 2. The van der Waals surface area contributed by atoms with Gasteiger partial charge in [0.2, 0.25) is 0 Å². The van der Waals surface area contributed by atoms with E-state index in [9.17, 15) is 0 Å². The molecule has 0 saturated carbocycles. The number of halogens is 2. The van der Waals surface area contributed by atoms with Crippen molar-refractivity contribution >= 4 is 23.2 Å². The van der Waals surface area contributed by atoms with Crippen LogP contribution in [-0.4, -0.2) is 6.61 Å². The predicted molar refractivity (Wildman–Crippen MR) is 55.4 cm³/mol. The Morgan fingerprint density at radius 3 is 2.46 bits per heavy atom. The third kappa shape index (κ3) is 2.84. The van der Waals surface area contributed by atoms with Crippen LogP contribution in [0.25, 0.3) is 0 Å². The lowest BCUT2D eigenvalue weighted by Crippen LogP contribution is -1.94. The average Bonchev–Trinajstić information content (AvgIpc) is 2.10. The lowest BCUT2D eigenvalue weighted by molar-refractivity contribution is 0.370. The molecular formula is C10H8Cl2O. The average molecular weight is 215 g/mol. The lowest BCUT2D eigenvalue weighted by Gasteiger charge is -2.05. The summed E-state index contributed by atoms with van der Waals surface area (Å²) in [6, 6.07) is 5.22. The van der Waals surface area contributed by atoms with E-state index in [1.807, 2.05) is 0 Å². The van der Waals surface area contributed by atoms with E-state index in [1.54, 1.807) is 25.1 Å². The molecule has 1 nitrogen and oxygen atoms in total. The fourth-order valence-corrected chi connectivity index (χ4v) is 1.31. The highest BCUT2D eigenvalue weighted by atomic mass is 35.5. The van der Waals surface area contributed by atoms with Crippen LogP contribution >= 0.6 is 23.2 Å². The van der Waals surface area contributed by atoms with Crippen molar-refractivity contribution in [3.63, 3.8) is 0 Å². The highest BCUT2D eigenvalue weighted by Gasteiger charge is 2.04. The zero-order chi connectivity index (χ0) is 9.68. The molecule has 1 rings (SSSR count). The Bertz CT molecular complexity index is 329. The van der Waals surface area contributed by atoms with E-state index in [4.69, 9.17) is 27.9 Å². The molecule has 0 N–H and O–H groups in total. The first-order valence-corrected chi connectivity index (χ1v) is 4.47. The van der Waals surface area contributed by atoms with E-state index in [-0.39, 0.29) is 0 Å². The summed E-state index contributed by atoms with van der Waals surface area (Å²) in [4.78, 5) is 0. The lowest BCUT2D eigenvalue weighted by atomic mass is 10.3. The monoisotopic (exact) mass is 214 g/mol. The van der Waals surface area contributed by atoms with Crippen LogP contribution in [0.5, 0.6) is 5.75 Å². The largest absolute Gasteiger partial charge is 0.478 e. The summed E-state index contributed by atoms with van der Waals surface area (Å²) >= 11 is 11.7. The minimum Gasteiger partial charge on any atom is -0.478 e. The van der Waals surface area contributed by atoms with E-state index >= 15 is 0 Å². The quantitative estimate of drug-likeness (QED) is 0.687. The SMILES string of the molecule is CC#CCOc1c(Cl)cccc1Cl. The summed E-state index contributed by atoms with van der Waals surface area (Å²) in [5.41, 5.74) is 0. The minimum absolute atomic E-state index is 0.306. The second-order valence-electron chi connectivity index (χ2n) is 2.27. The second kappa shape index (κ2) is 5.01. The topological polar surface area (TPSA) is 9.23 Å². The molecule has 0 aliphatic carbocycles. The summed E-state index contributed by atoms with van der Waals surface area (Å²) < 4.78 is 5.27. The van der Waals surface area contributed by atoms with Gasteiger partial charge in [-0.1, -0.05) is 35.2 Å². The zero-order valence-corrected chi connectivity index (χ0v) is 8.62. The van der Waals surface area contributed by atoms with Crippen molar-refractivity contribution in [2.75, 3.05) is 6.61 Å². The maximum Gasteiger partial charge on any atom is 0.157 e. The maximum atomic E-state index is 5.85. The zero-order valence-electron chi connectivity index (χ0n) is 7.10. The van der Waals surface area contributed by atoms with E-state index in [0.29, 0.717) is 22.4 Å². The van der Waals surface area contributed by atoms with Gasteiger partial charge in [-0.3, -0.25) is 0 Å². The Morgan fingerprint density at radius 1 is 1.31 bits per heavy atom. The van der Waals surface area contributed by atoms with Crippen molar-refractivity contribution in [3.05, 3.63) is 28.2 Å². The van der Waals surface area contributed by atoms with Gasteiger partial charge in [0.25, 0.3) is 0 Å². The number of hydrogen-bond donors (Lipinski definition) is 0. The number of para-hydroxylation sites is 1. The van der Waals surface area contributed by atoms with Crippen molar-refractivity contribution in [2.45, 2.75) is 6.92 Å². The van der Waals surface area contributed by atoms with Crippen LogP contribution in [0.1, 0.15) is 6.92 Å². The molecule has 0 spiro atoms. The Kier molecular flexibility index (Phi) is 3.95. The molecular weight excluding hydrogens is 207 g/mol. The van der Waals surface area contributed by atoms with Gasteiger partial charge in [-0.25, -0.2) is 0 Å². The van der Waals surface area contributed by atoms with E-state index in [2.05, 4.69) is 11.8 Å². The third-order valence-electron chi connectivity index (χ3n) is 1.38. The molecule has 0 fully saturated rings. The molecule has 0 aliphatic rings. The molecule has 68 valence electrons. The summed E-state index contributed by atoms with van der Waals surface area (Å²) in [5, 5.41) is 1.01. The summed E-state index contributed by atoms with van der Waals surface area (Å²) in [6.07, 6.45) is 0. The second-order valence-corrected chi connectivity index (χ2v) is 3.08. The molecule has 0 saturated heterocycles. The molecule has 0 aliphatic heterocycles. The van der Waals surface area contributed by atoms with Crippen LogP contribution in [-0.2, 0) is 0 Å². The van der Waals surface area contributed by atoms with Crippen LogP contribution in [0.15, 0.2) is 18.2 Å². The fourth-order valence-electron chi connectivity index (χ4n) is 0.801. The van der Waals surface area contributed by atoms with Crippen LogP contribution in [0.3, 0.4) is 0 Å². The molecule has 0 radical (unpaired) electrons. The molecule has 0 amide bonds. The van der Waals surface area contributed by atoms with E-state index < -0.39 is 0 Å². The highest BCUT2D eigenvalue weighted by Crippen LogP contribution is 2.31. The smallest absolute Gasteiger partial charge is 0.157 e. The first kappa shape index (κ1) is 10.2. The number of benzene rings is 1. The van der Waals surface area contributed by atoms with Crippen LogP contribution in [0.2, 0.25) is 10.0 Å². The van der Waals surface area contributed by atoms with Gasteiger partial charge >= 0.3 is 0 Å². The Hall–Kier alpha value is -0.840. The molecule has 0 aromatic heterocycles. The molecule has 1 aromatic rings. The number of ether oxygens (including phenoxy) is 1. The van der Waals surface area contributed by atoms with Gasteiger partial charge in [0.1, 0.15) is 6.61 Å². The van der Waals surface area contributed by atoms with Gasteiger partial charge in [-0.2, -0.15) is 0 Å². The molecule has 0 unspecified atom stereocenters. The Morgan fingerprint density at radius 2 is 1.92 bits per heavy atom. The molecule has 3 heteroatoms. The van der Waals surface area contributed by atoms with Crippen molar-refractivity contribution in [3.8, 4) is 17.6 Å². The first-order valence-electron chi connectivity index (χ1n) is 3.72. The fraction of sp³-hybridized carbons (Fsp3) is 0.200. The van der Waals surface area contributed by atoms with Crippen LogP contribution in [0, 0.1) is 11.8 Å². The molecule has 0 atom stereocenters.